The van der Waals surface area contributed by atoms with Crippen LogP contribution in [0.1, 0.15) is 21.5 Å². The summed E-state index contributed by atoms with van der Waals surface area (Å²) in [5.41, 5.74) is 7.40. The highest BCUT2D eigenvalue weighted by Crippen LogP contribution is 2.09. The van der Waals surface area contributed by atoms with Crippen molar-refractivity contribution in [1.29, 1.82) is 0 Å². The van der Waals surface area contributed by atoms with Crippen LogP contribution < -0.4 is 5.73 Å². The van der Waals surface area contributed by atoms with Crippen LogP contribution >= 0.6 is 0 Å². The first-order valence-corrected chi connectivity index (χ1v) is 3.96. The minimum Gasteiger partial charge on any atom is -0.369 e. The van der Waals surface area contributed by atoms with Crippen LogP contribution in [-0.4, -0.2) is 12.2 Å². The van der Waals surface area contributed by atoms with Crippen LogP contribution in [0.2, 0.25) is 0 Å². The van der Waals surface area contributed by atoms with E-state index in [0.29, 0.717) is 5.56 Å². The summed E-state index contributed by atoms with van der Waals surface area (Å²) in [5.74, 6) is -0.363. The van der Waals surface area contributed by atoms with E-state index in [0.717, 1.165) is 17.4 Å². The summed E-state index contributed by atoms with van der Waals surface area (Å²) in [6, 6.07) is 5.23. The van der Waals surface area contributed by atoms with E-state index < -0.39 is 0 Å². The minimum absolute atomic E-state index is 0.222. The lowest BCUT2D eigenvalue weighted by Crippen LogP contribution is -2.13. The lowest BCUT2D eigenvalue weighted by Gasteiger charge is -2.01. The Morgan fingerprint density at radius 2 is 2.23 bits per heavy atom. The normalized spacial score (nSPS) is 9.62. The number of benzene rings is 1. The van der Waals surface area contributed by atoms with Crippen LogP contribution in [0.25, 0.3) is 0 Å². The van der Waals surface area contributed by atoms with E-state index >= 15 is 0 Å². The third-order valence-electron chi connectivity index (χ3n) is 1.84. The monoisotopic (exact) mass is 177 g/mol. The third kappa shape index (κ3) is 2.40. The second-order valence-corrected chi connectivity index (χ2v) is 2.95. The maximum atomic E-state index is 10.6. The van der Waals surface area contributed by atoms with Gasteiger partial charge in [0.2, 0.25) is 5.91 Å². The second kappa shape index (κ2) is 3.85. The molecular weight excluding hydrogens is 166 g/mol. The van der Waals surface area contributed by atoms with Crippen LogP contribution in [0.4, 0.5) is 0 Å². The number of primary amides is 1. The molecule has 1 amide bonds. The van der Waals surface area contributed by atoms with Crippen molar-refractivity contribution in [1.82, 2.24) is 0 Å². The van der Waals surface area contributed by atoms with Gasteiger partial charge in [-0.05, 0) is 18.1 Å². The summed E-state index contributed by atoms with van der Waals surface area (Å²) >= 11 is 0. The van der Waals surface area contributed by atoms with Crippen molar-refractivity contribution in [3.63, 3.8) is 0 Å². The van der Waals surface area contributed by atoms with Gasteiger partial charge in [-0.2, -0.15) is 0 Å². The largest absolute Gasteiger partial charge is 0.369 e. The first kappa shape index (κ1) is 9.45. The van der Waals surface area contributed by atoms with Crippen LogP contribution in [0, 0.1) is 6.92 Å². The Morgan fingerprint density at radius 1 is 1.54 bits per heavy atom. The molecule has 68 valence electrons. The summed E-state index contributed by atoms with van der Waals surface area (Å²) in [6.07, 6.45) is 1.02. The molecule has 13 heavy (non-hydrogen) atoms. The van der Waals surface area contributed by atoms with Crippen LogP contribution in [0.15, 0.2) is 18.2 Å². The van der Waals surface area contributed by atoms with Gasteiger partial charge in [0.25, 0.3) is 0 Å². The van der Waals surface area contributed by atoms with Crippen LogP contribution in [0.3, 0.4) is 0 Å². The Hall–Kier alpha value is -1.64. The predicted octanol–water partition coefficient (Wildman–Crippen LogP) is 0.835. The molecule has 0 aliphatic carbocycles. The predicted molar refractivity (Wildman–Crippen MR) is 49.5 cm³/mol. The number of nitrogens with two attached hydrogens (primary N) is 1. The maximum Gasteiger partial charge on any atom is 0.221 e. The number of carbonyl (C=O) groups is 2. The molecule has 0 spiro atoms. The van der Waals surface area contributed by atoms with E-state index in [1.54, 1.807) is 18.2 Å². The molecule has 0 atom stereocenters. The van der Waals surface area contributed by atoms with E-state index in [2.05, 4.69) is 0 Å². The molecule has 1 rings (SSSR count). The van der Waals surface area contributed by atoms with Gasteiger partial charge in [-0.15, -0.1) is 0 Å². The van der Waals surface area contributed by atoms with Gasteiger partial charge >= 0.3 is 0 Å². The van der Waals surface area contributed by atoms with Crippen molar-refractivity contribution in [3.05, 3.63) is 34.9 Å². The molecule has 0 radical (unpaired) electrons. The van der Waals surface area contributed by atoms with Gasteiger partial charge in [-0.3, -0.25) is 9.59 Å². The van der Waals surface area contributed by atoms with Crippen molar-refractivity contribution in [2.45, 2.75) is 13.3 Å². The van der Waals surface area contributed by atoms with Gasteiger partial charge in [0.05, 0.1) is 6.42 Å². The van der Waals surface area contributed by atoms with E-state index in [1.807, 2.05) is 6.92 Å². The number of hydrogen-bond acceptors (Lipinski definition) is 2. The van der Waals surface area contributed by atoms with Gasteiger partial charge in [-0.25, -0.2) is 0 Å². The Labute approximate surface area is 76.6 Å². The molecule has 3 heteroatoms. The highest BCUT2D eigenvalue weighted by atomic mass is 16.1. The molecule has 2 N–H and O–H groups in total. The Bertz CT molecular complexity index is 345. The molecule has 3 nitrogen and oxygen atoms in total. The number of rotatable bonds is 3. The molecule has 0 aliphatic heterocycles. The van der Waals surface area contributed by atoms with Crippen LogP contribution in [-0.2, 0) is 11.2 Å². The average molecular weight is 177 g/mol. The van der Waals surface area contributed by atoms with Crippen molar-refractivity contribution in [2.75, 3.05) is 0 Å². The molecule has 0 saturated carbocycles. The molecule has 1 aromatic carbocycles. The van der Waals surface area contributed by atoms with Crippen molar-refractivity contribution < 1.29 is 9.59 Å². The number of amides is 1. The fraction of sp³-hybridized carbons (Fsp3) is 0.200. The van der Waals surface area contributed by atoms with E-state index in [4.69, 9.17) is 5.73 Å². The maximum absolute atomic E-state index is 10.6. The van der Waals surface area contributed by atoms with Gasteiger partial charge in [0.1, 0.15) is 6.29 Å². The van der Waals surface area contributed by atoms with Crippen molar-refractivity contribution >= 4 is 12.2 Å². The summed E-state index contributed by atoms with van der Waals surface area (Å²) in [4.78, 5) is 21.1. The lowest BCUT2D eigenvalue weighted by molar-refractivity contribution is -0.117. The first-order chi connectivity index (χ1) is 6.13. The second-order valence-electron chi connectivity index (χ2n) is 2.95. The summed E-state index contributed by atoms with van der Waals surface area (Å²) in [6.45, 7) is 1.83. The summed E-state index contributed by atoms with van der Waals surface area (Å²) in [5, 5.41) is 0. The smallest absolute Gasteiger partial charge is 0.221 e. The quantitative estimate of drug-likeness (QED) is 0.695. The van der Waals surface area contributed by atoms with E-state index in [1.165, 1.54) is 0 Å². The number of aldehydes is 1. The third-order valence-corrected chi connectivity index (χ3v) is 1.84. The van der Waals surface area contributed by atoms with Gasteiger partial charge < -0.3 is 5.73 Å². The molecule has 0 bridgehead atoms. The molecule has 0 aliphatic rings. The molecular formula is C10H11NO2. The molecule has 0 fully saturated rings. The van der Waals surface area contributed by atoms with E-state index in [-0.39, 0.29) is 12.3 Å². The zero-order chi connectivity index (χ0) is 9.84. The summed E-state index contributed by atoms with van der Waals surface area (Å²) < 4.78 is 0. The topological polar surface area (TPSA) is 60.2 Å². The molecule has 0 saturated heterocycles. The standard InChI is InChI=1S/C10H11NO2/c1-7-4-8(5-10(11)13)2-3-9(7)6-12/h2-4,6H,5H2,1H3,(H2,11,13). The molecule has 0 unspecified atom stereocenters. The lowest BCUT2D eigenvalue weighted by atomic mass is 10.0. The first-order valence-electron chi connectivity index (χ1n) is 3.96. The summed E-state index contributed by atoms with van der Waals surface area (Å²) in [7, 11) is 0. The average Bonchev–Trinajstić information content (AvgIpc) is 2.03. The van der Waals surface area contributed by atoms with Gasteiger partial charge in [0, 0.05) is 5.56 Å². The number of carbonyl (C=O) groups excluding carboxylic acids is 2. The molecule has 0 heterocycles. The van der Waals surface area contributed by atoms with Crippen LogP contribution in [0.5, 0.6) is 0 Å². The van der Waals surface area contributed by atoms with Crippen molar-refractivity contribution in [2.24, 2.45) is 5.73 Å². The molecule has 1 aromatic rings. The fourth-order valence-corrected chi connectivity index (χ4v) is 1.18. The van der Waals surface area contributed by atoms with E-state index in [9.17, 15) is 9.59 Å². The Morgan fingerprint density at radius 3 is 2.69 bits per heavy atom. The zero-order valence-electron chi connectivity index (χ0n) is 7.41. The van der Waals surface area contributed by atoms with Gasteiger partial charge in [0.15, 0.2) is 0 Å². The van der Waals surface area contributed by atoms with Crippen molar-refractivity contribution in [3.8, 4) is 0 Å². The zero-order valence-corrected chi connectivity index (χ0v) is 7.41. The molecule has 0 aromatic heterocycles. The minimum atomic E-state index is -0.363. The number of aryl methyl sites for hydroxylation is 1. The SMILES string of the molecule is Cc1cc(CC(N)=O)ccc1C=O. The Balaban J connectivity index is 2.95. The highest BCUT2D eigenvalue weighted by Gasteiger charge is 2.01. The Kier molecular flexibility index (Phi) is 2.80. The number of hydrogen-bond donors (Lipinski definition) is 1. The highest BCUT2D eigenvalue weighted by molar-refractivity contribution is 5.79. The fourth-order valence-electron chi connectivity index (χ4n) is 1.18. The van der Waals surface area contributed by atoms with Gasteiger partial charge in [-0.1, -0.05) is 18.2 Å².